The SMILES string of the molecule is O=C(O)[C@H](c1c[nH]c2ccc(Cl)cc12)N1CCCCCC1. The highest BCUT2D eigenvalue weighted by atomic mass is 35.5. The van der Waals surface area contributed by atoms with Gasteiger partial charge in [-0.3, -0.25) is 9.69 Å². The third kappa shape index (κ3) is 2.92. The number of aliphatic carboxylic acids is 1. The summed E-state index contributed by atoms with van der Waals surface area (Å²) in [6.45, 7) is 1.68. The molecule has 0 spiro atoms. The summed E-state index contributed by atoms with van der Waals surface area (Å²) < 4.78 is 0. The lowest BCUT2D eigenvalue weighted by Crippen LogP contribution is -2.34. The van der Waals surface area contributed by atoms with Crippen molar-refractivity contribution in [2.75, 3.05) is 13.1 Å². The maximum Gasteiger partial charge on any atom is 0.325 e. The smallest absolute Gasteiger partial charge is 0.325 e. The lowest BCUT2D eigenvalue weighted by Gasteiger charge is -2.27. The number of benzene rings is 1. The number of nitrogens with zero attached hydrogens (tertiary/aromatic N) is 1. The zero-order valence-electron chi connectivity index (χ0n) is 11.8. The number of likely N-dealkylation sites (tertiary alicyclic amines) is 1. The summed E-state index contributed by atoms with van der Waals surface area (Å²) in [5, 5.41) is 11.3. The van der Waals surface area contributed by atoms with Gasteiger partial charge in [0.15, 0.2) is 0 Å². The van der Waals surface area contributed by atoms with Gasteiger partial charge in [0, 0.05) is 27.7 Å². The summed E-state index contributed by atoms with van der Waals surface area (Å²) in [6, 6.07) is 4.94. The van der Waals surface area contributed by atoms with Crippen molar-refractivity contribution in [2.24, 2.45) is 0 Å². The number of aromatic nitrogens is 1. The zero-order chi connectivity index (χ0) is 14.8. The van der Waals surface area contributed by atoms with Crippen LogP contribution < -0.4 is 0 Å². The molecule has 5 heteroatoms. The van der Waals surface area contributed by atoms with Gasteiger partial charge in [0.1, 0.15) is 6.04 Å². The third-order valence-corrected chi connectivity index (χ3v) is 4.45. The van der Waals surface area contributed by atoms with Gasteiger partial charge in [-0.05, 0) is 44.1 Å². The van der Waals surface area contributed by atoms with Gasteiger partial charge in [-0.25, -0.2) is 0 Å². The van der Waals surface area contributed by atoms with E-state index in [1.807, 2.05) is 24.4 Å². The fourth-order valence-electron chi connectivity index (χ4n) is 3.18. The number of aromatic amines is 1. The van der Waals surface area contributed by atoms with Gasteiger partial charge >= 0.3 is 5.97 Å². The van der Waals surface area contributed by atoms with Gasteiger partial charge in [-0.1, -0.05) is 24.4 Å². The summed E-state index contributed by atoms with van der Waals surface area (Å²) in [4.78, 5) is 17.1. The van der Waals surface area contributed by atoms with E-state index < -0.39 is 12.0 Å². The first-order valence-electron chi connectivity index (χ1n) is 7.40. The number of carboxylic acid groups (broad SMARTS) is 1. The molecular formula is C16H19ClN2O2. The molecule has 2 aromatic rings. The Morgan fingerprint density at radius 2 is 1.95 bits per heavy atom. The van der Waals surface area contributed by atoms with Crippen LogP contribution in [0.15, 0.2) is 24.4 Å². The summed E-state index contributed by atoms with van der Waals surface area (Å²) in [5.41, 5.74) is 1.73. The molecule has 1 fully saturated rings. The Morgan fingerprint density at radius 3 is 2.62 bits per heavy atom. The molecule has 0 amide bonds. The van der Waals surface area contributed by atoms with Crippen LogP contribution in [0.3, 0.4) is 0 Å². The van der Waals surface area contributed by atoms with E-state index in [0.29, 0.717) is 5.02 Å². The lowest BCUT2D eigenvalue weighted by atomic mass is 10.0. The monoisotopic (exact) mass is 306 g/mol. The second-order valence-corrected chi connectivity index (χ2v) is 6.06. The predicted octanol–water partition coefficient (Wildman–Crippen LogP) is 3.82. The third-order valence-electron chi connectivity index (χ3n) is 4.21. The van der Waals surface area contributed by atoms with Crippen LogP contribution in [0.25, 0.3) is 10.9 Å². The van der Waals surface area contributed by atoms with Gasteiger partial charge in [-0.2, -0.15) is 0 Å². The Morgan fingerprint density at radius 1 is 1.24 bits per heavy atom. The lowest BCUT2D eigenvalue weighted by molar-refractivity contribution is -0.143. The van der Waals surface area contributed by atoms with Crippen LogP contribution in [-0.4, -0.2) is 34.0 Å². The van der Waals surface area contributed by atoms with Crippen molar-refractivity contribution in [3.63, 3.8) is 0 Å². The Kier molecular flexibility index (Phi) is 4.17. The molecule has 1 saturated heterocycles. The summed E-state index contributed by atoms with van der Waals surface area (Å²) >= 11 is 6.07. The number of nitrogens with one attached hydrogen (secondary N) is 1. The fourth-order valence-corrected chi connectivity index (χ4v) is 3.35. The molecule has 0 radical (unpaired) electrons. The second kappa shape index (κ2) is 6.08. The molecule has 0 bridgehead atoms. The van der Waals surface area contributed by atoms with E-state index in [0.717, 1.165) is 42.4 Å². The molecule has 112 valence electrons. The molecule has 1 aliphatic heterocycles. The number of H-pyrrole nitrogens is 1. The molecule has 3 rings (SSSR count). The molecule has 2 heterocycles. The second-order valence-electron chi connectivity index (χ2n) is 5.62. The van der Waals surface area contributed by atoms with Gasteiger partial charge in [0.2, 0.25) is 0 Å². The molecule has 1 aromatic carbocycles. The van der Waals surface area contributed by atoms with Crippen molar-refractivity contribution in [2.45, 2.75) is 31.7 Å². The van der Waals surface area contributed by atoms with Crippen molar-refractivity contribution in [1.29, 1.82) is 0 Å². The Labute approximate surface area is 128 Å². The number of hydrogen-bond donors (Lipinski definition) is 2. The Balaban J connectivity index is 2.02. The first-order valence-corrected chi connectivity index (χ1v) is 7.78. The maximum atomic E-state index is 11.8. The van der Waals surface area contributed by atoms with Crippen LogP contribution in [0.1, 0.15) is 37.3 Å². The van der Waals surface area contributed by atoms with Crippen molar-refractivity contribution < 1.29 is 9.90 Å². The number of carboxylic acids is 1. The first kappa shape index (κ1) is 14.4. The number of fused-ring (bicyclic) bond motifs is 1. The van der Waals surface area contributed by atoms with Crippen LogP contribution in [0.4, 0.5) is 0 Å². The average Bonchev–Trinajstić information content (AvgIpc) is 2.68. The molecule has 4 nitrogen and oxygen atoms in total. The quantitative estimate of drug-likeness (QED) is 0.906. The van der Waals surface area contributed by atoms with E-state index >= 15 is 0 Å². The normalized spacial score (nSPS) is 18.5. The number of carbonyl (C=O) groups is 1. The minimum atomic E-state index is -0.794. The highest BCUT2D eigenvalue weighted by Gasteiger charge is 2.29. The minimum Gasteiger partial charge on any atom is -0.480 e. The van der Waals surface area contributed by atoms with E-state index in [1.54, 1.807) is 0 Å². The maximum absolute atomic E-state index is 11.8. The Bertz CT molecular complexity index is 645. The first-order chi connectivity index (χ1) is 10.2. The van der Waals surface area contributed by atoms with Crippen molar-refractivity contribution in [3.05, 3.63) is 35.0 Å². The number of hydrogen-bond acceptors (Lipinski definition) is 2. The summed E-state index contributed by atoms with van der Waals surface area (Å²) in [7, 11) is 0. The van der Waals surface area contributed by atoms with Gasteiger partial charge in [-0.15, -0.1) is 0 Å². The molecule has 2 N–H and O–H groups in total. The zero-order valence-corrected chi connectivity index (χ0v) is 12.6. The molecular weight excluding hydrogens is 288 g/mol. The molecule has 0 aliphatic carbocycles. The van der Waals surface area contributed by atoms with Gasteiger partial charge in [0.05, 0.1) is 0 Å². The molecule has 21 heavy (non-hydrogen) atoms. The van der Waals surface area contributed by atoms with Crippen LogP contribution in [0, 0.1) is 0 Å². The highest BCUT2D eigenvalue weighted by Crippen LogP contribution is 2.31. The van der Waals surface area contributed by atoms with Gasteiger partial charge in [0.25, 0.3) is 0 Å². The van der Waals surface area contributed by atoms with E-state index in [9.17, 15) is 9.90 Å². The molecule has 0 saturated carbocycles. The summed E-state index contributed by atoms with van der Waals surface area (Å²) in [6.07, 6.45) is 6.30. The van der Waals surface area contributed by atoms with Gasteiger partial charge < -0.3 is 10.1 Å². The summed E-state index contributed by atoms with van der Waals surface area (Å²) in [5.74, 6) is -0.794. The van der Waals surface area contributed by atoms with Crippen molar-refractivity contribution in [1.82, 2.24) is 9.88 Å². The van der Waals surface area contributed by atoms with Crippen LogP contribution in [-0.2, 0) is 4.79 Å². The largest absolute Gasteiger partial charge is 0.480 e. The van der Waals surface area contributed by atoms with Crippen LogP contribution in [0.5, 0.6) is 0 Å². The predicted molar refractivity (Wildman–Crippen MR) is 83.7 cm³/mol. The topological polar surface area (TPSA) is 56.3 Å². The number of halogens is 1. The molecule has 1 aliphatic rings. The van der Waals surface area contributed by atoms with Crippen molar-refractivity contribution >= 4 is 28.5 Å². The van der Waals surface area contributed by atoms with E-state index in [1.165, 1.54) is 12.8 Å². The fraction of sp³-hybridized carbons (Fsp3) is 0.438. The van der Waals surface area contributed by atoms with E-state index in [4.69, 9.17) is 11.6 Å². The van der Waals surface area contributed by atoms with Crippen LogP contribution in [0.2, 0.25) is 5.02 Å². The number of rotatable bonds is 3. The van der Waals surface area contributed by atoms with E-state index in [-0.39, 0.29) is 0 Å². The standard InChI is InChI=1S/C16H19ClN2O2/c17-11-5-6-14-12(9-11)13(10-18-14)15(16(20)21)19-7-3-1-2-4-8-19/h5-6,9-10,15,18H,1-4,7-8H2,(H,20,21)/t15-/m0/s1. The Hall–Kier alpha value is -1.52. The molecule has 0 unspecified atom stereocenters. The molecule has 1 aromatic heterocycles. The average molecular weight is 307 g/mol. The minimum absolute atomic E-state index is 0.602. The van der Waals surface area contributed by atoms with E-state index in [2.05, 4.69) is 9.88 Å². The molecule has 1 atom stereocenters. The van der Waals surface area contributed by atoms with Crippen molar-refractivity contribution in [3.8, 4) is 0 Å². The highest BCUT2D eigenvalue weighted by molar-refractivity contribution is 6.31. The van der Waals surface area contributed by atoms with Crippen LogP contribution >= 0.6 is 11.6 Å².